The normalized spacial score (nSPS) is 17.6. The maximum atomic E-state index is 14.0. The zero-order chi connectivity index (χ0) is 24.8. The molecule has 1 N–H and O–H groups in total. The van der Waals surface area contributed by atoms with Gasteiger partial charge in [0.05, 0.1) is 18.6 Å². The van der Waals surface area contributed by atoms with Crippen molar-refractivity contribution in [2.24, 2.45) is 0 Å². The number of nitrogens with zero attached hydrogens (tertiary/aromatic N) is 2. The summed E-state index contributed by atoms with van der Waals surface area (Å²) in [5.41, 5.74) is 2.06. The van der Waals surface area contributed by atoms with Crippen LogP contribution in [0.25, 0.3) is 0 Å². The number of carbonyl (C=O) groups is 3. The lowest BCUT2D eigenvalue weighted by molar-refractivity contribution is -0.143. The summed E-state index contributed by atoms with van der Waals surface area (Å²) >= 11 is 0. The molecule has 0 spiro atoms. The number of rotatable bonds is 9. The summed E-state index contributed by atoms with van der Waals surface area (Å²) in [6, 6.07) is 26.4. The lowest BCUT2D eigenvalue weighted by Crippen LogP contribution is -2.44. The fourth-order valence-electron chi connectivity index (χ4n) is 4.87. The molecule has 1 fully saturated rings. The molecule has 1 aliphatic heterocycles. The van der Waals surface area contributed by atoms with Gasteiger partial charge in [-0.1, -0.05) is 84.9 Å². The van der Waals surface area contributed by atoms with Gasteiger partial charge in [0.2, 0.25) is 17.7 Å². The highest BCUT2D eigenvalue weighted by Crippen LogP contribution is 2.42. The summed E-state index contributed by atoms with van der Waals surface area (Å²) in [7, 11) is 0. The Labute approximate surface area is 205 Å². The van der Waals surface area contributed by atoms with Crippen LogP contribution in [0.2, 0.25) is 0 Å². The minimum Gasteiger partial charge on any atom is -0.395 e. The first-order valence-electron chi connectivity index (χ1n) is 11.8. The van der Waals surface area contributed by atoms with Crippen LogP contribution in [0, 0.1) is 6.92 Å². The van der Waals surface area contributed by atoms with E-state index in [4.69, 9.17) is 0 Å². The lowest BCUT2D eigenvalue weighted by Gasteiger charge is -2.31. The first kappa shape index (κ1) is 24.4. The van der Waals surface area contributed by atoms with Crippen molar-refractivity contribution in [3.05, 3.63) is 107 Å². The number of hydrogen-bond acceptors (Lipinski definition) is 4. The van der Waals surface area contributed by atoms with Gasteiger partial charge in [-0.25, -0.2) is 0 Å². The van der Waals surface area contributed by atoms with Crippen LogP contribution in [0.4, 0.5) is 0 Å². The SMILES string of the molecule is Cc1ccccc1C1(CC(=O)N(CCO)Cc2ccccc2)CC(=O)N(Cc2ccccc2)C1=O. The fourth-order valence-corrected chi connectivity index (χ4v) is 4.87. The van der Waals surface area contributed by atoms with E-state index in [0.29, 0.717) is 12.1 Å². The summed E-state index contributed by atoms with van der Waals surface area (Å²) in [5.74, 6) is -0.904. The second-order valence-electron chi connectivity index (χ2n) is 9.05. The lowest BCUT2D eigenvalue weighted by atomic mass is 9.74. The molecule has 0 aliphatic carbocycles. The summed E-state index contributed by atoms with van der Waals surface area (Å²) in [6.07, 6.45) is -0.200. The molecule has 3 aromatic rings. The van der Waals surface area contributed by atoms with E-state index in [1.807, 2.05) is 91.9 Å². The number of aliphatic hydroxyl groups is 1. The predicted molar refractivity (Wildman–Crippen MR) is 133 cm³/mol. The number of imide groups is 1. The summed E-state index contributed by atoms with van der Waals surface area (Å²) in [4.78, 5) is 43.6. The Morgan fingerprint density at radius 3 is 2.14 bits per heavy atom. The molecule has 0 bridgehead atoms. The van der Waals surface area contributed by atoms with E-state index in [-0.39, 0.29) is 50.3 Å². The Bertz CT molecular complexity index is 1200. The van der Waals surface area contributed by atoms with Gasteiger partial charge in [-0.2, -0.15) is 0 Å². The van der Waals surface area contributed by atoms with E-state index in [1.165, 1.54) is 4.90 Å². The van der Waals surface area contributed by atoms with Gasteiger partial charge in [-0.3, -0.25) is 19.3 Å². The second-order valence-corrected chi connectivity index (χ2v) is 9.05. The Balaban J connectivity index is 1.68. The van der Waals surface area contributed by atoms with E-state index in [9.17, 15) is 19.5 Å². The summed E-state index contributed by atoms with van der Waals surface area (Å²) in [6.45, 7) is 2.34. The first-order valence-corrected chi connectivity index (χ1v) is 11.8. The summed E-state index contributed by atoms with van der Waals surface area (Å²) < 4.78 is 0. The average Bonchev–Trinajstić information content (AvgIpc) is 3.10. The van der Waals surface area contributed by atoms with Crippen LogP contribution in [0.15, 0.2) is 84.9 Å². The van der Waals surface area contributed by atoms with Gasteiger partial charge >= 0.3 is 0 Å². The van der Waals surface area contributed by atoms with Gasteiger partial charge in [-0.05, 0) is 29.2 Å². The van der Waals surface area contributed by atoms with E-state index in [2.05, 4.69) is 0 Å². The van der Waals surface area contributed by atoms with Crippen LogP contribution < -0.4 is 0 Å². The van der Waals surface area contributed by atoms with Crippen molar-refractivity contribution >= 4 is 17.7 Å². The highest BCUT2D eigenvalue weighted by Gasteiger charge is 2.54. The van der Waals surface area contributed by atoms with Gasteiger partial charge in [0.1, 0.15) is 0 Å². The molecule has 1 saturated heterocycles. The Kier molecular flexibility index (Phi) is 7.42. The van der Waals surface area contributed by atoms with Gasteiger partial charge in [0.15, 0.2) is 0 Å². The van der Waals surface area contributed by atoms with Crippen LogP contribution >= 0.6 is 0 Å². The largest absolute Gasteiger partial charge is 0.395 e. The number of aryl methyl sites for hydroxylation is 1. The van der Waals surface area contributed by atoms with Gasteiger partial charge in [-0.15, -0.1) is 0 Å². The number of amides is 3. The van der Waals surface area contributed by atoms with Crippen molar-refractivity contribution in [3.8, 4) is 0 Å². The summed E-state index contributed by atoms with van der Waals surface area (Å²) in [5, 5.41) is 9.63. The molecule has 3 amide bonds. The molecule has 180 valence electrons. The van der Waals surface area contributed by atoms with Crippen molar-refractivity contribution in [2.75, 3.05) is 13.2 Å². The molecule has 1 atom stereocenters. The monoisotopic (exact) mass is 470 g/mol. The minimum atomic E-state index is -1.28. The minimum absolute atomic E-state index is 0.0619. The van der Waals surface area contributed by atoms with E-state index >= 15 is 0 Å². The molecule has 35 heavy (non-hydrogen) atoms. The molecular weight excluding hydrogens is 440 g/mol. The smallest absolute Gasteiger partial charge is 0.241 e. The zero-order valence-corrected chi connectivity index (χ0v) is 19.9. The Morgan fingerprint density at radius 1 is 0.914 bits per heavy atom. The standard InChI is InChI=1S/C29H30N2O4/c1-22-10-8-9-15-25(22)29(18-26(33)30(16-17-32)20-23-11-4-2-5-12-23)19-27(34)31(28(29)35)21-24-13-6-3-7-14-24/h2-15,32H,16-21H2,1H3. The number of carbonyl (C=O) groups excluding carboxylic acids is 3. The van der Waals surface area contributed by atoms with Crippen LogP contribution in [0.3, 0.4) is 0 Å². The van der Waals surface area contributed by atoms with E-state index in [1.54, 1.807) is 4.90 Å². The van der Waals surface area contributed by atoms with E-state index in [0.717, 1.165) is 16.7 Å². The van der Waals surface area contributed by atoms with Crippen LogP contribution in [-0.4, -0.2) is 45.8 Å². The highest BCUT2D eigenvalue weighted by molar-refractivity contribution is 6.10. The van der Waals surface area contributed by atoms with Crippen LogP contribution in [-0.2, 0) is 32.9 Å². The Morgan fingerprint density at radius 2 is 1.51 bits per heavy atom. The molecule has 6 nitrogen and oxygen atoms in total. The molecule has 1 heterocycles. The fraction of sp³-hybridized carbons (Fsp3) is 0.276. The topological polar surface area (TPSA) is 77.9 Å². The molecule has 6 heteroatoms. The quantitative estimate of drug-likeness (QED) is 0.485. The number of aliphatic hydroxyl groups excluding tert-OH is 1. The number of benzene rings is 3. The molecule has 0 saturated carbocycles. The number of hydrogen-bond donors (Lipinski definition) is 1. The van der Waals surface area contributed by atoms with Crippen molar-refractivity contribution in [1.29, 1.82) is 0 Å². The van der Waals surface area contributed by atoms with Crippen LogP contribution in [0.1, 0.15) is 35.1 Å². The van der Waals surface area contributed by atoms with Crippen molar-refractivity contribution in [3.63, 3.8) is 0 Å². The van der Waals surface area contributed by atoms with Gasteiger partial charge < -0.3 is 10.0 Å². The van der Waals surface area contributed by atoms with Crippen LogP contribution in [0.5, 0.6) is 0 Å². The maximum absolute atomic E-state index is 14.0. The molecule has 4 rings (SSSR count). The maximum Gasteiger partial charge on any atom is 0.241 e. The molecular formula is C29H30N2O4. The third-order valence-corrected chi connectivity index (χ3v) is 6.64. The number of likely N-dealkylation sites (tertiary alicyclic amines) is 1. The molecule has 1 unspecified atom stereocenters. The van der Waals surface area contributed by atoms with Crippen molar-refractivity contribution in [1.82, 2.24) is 9.80 Å². The third kappa shape index (κ3) is 5.17. The third-order valence-electron chi connectivity index (χ3n) is 6.64. The van der Waals surface area contributed by atoms with Gasteiger partial charge in [0.25, 0.3) is 0 Å². The van der Waals surface area contributed by atoms with E-state index < -0.39 is 5.41 Å². The highest BCUT2D eigenvalue weighted by atomic mass is 16.3. The molecule has 0 radical (unpaired) electrons. The van der Waals surface area contributed by atoms with Crippen molar-refractivity contribution in [2.45, 2.75) is 38.3 Å². The first-order chi connectivity index (χ1) is 16.9. The molecule has 0 aromatic heterocycles. The van der Waals surface area contributed by atoms with Gasteiger partial charge in [0, 0.05) is 25.9 Å². The molecule has 1 aliphatic rings. The second kappa shape index (κ2) is 10.7. The average molecular weight is 471 g/mol. The molecule has 3 aromatic carbocycles. The zero-order valence-electron chi connectivity index (χ0n) is 19.9. The Hall–Kier alpha value is -3.77. The van der Waals surface area contributed by atoms with Crippen molar-refractivity contribution < 1.29 is 19.5 Å². The predicted octanol–water partition coefficient (Wildman–Crippen LogP) is 3.60.